The molecule has 0 saturated carbocycles. The highest BCUT2D eigenvalue weighted by atomic mass is 32.2. The summed E-state index contributed by atoms with van der Waals surface area (Å²) in [6.07, 6.45) is 3.40. The Morgan fingerprint density at radius 1 is 1.08 bits per heavy atom. The third kappa shape index (κ3) is 4.39. The van der Waals surface area contributed by atoms with Gasteiger partial charge in [-0.25, -0.2) is 21.6 Å². The van der Waals surface area contributed by atoms with Crippen LogP contribution in [0, 0.1) is 0 Å². The predicted molar refractivity (Wildman–Crippen MR) is 93.6 cm³/mol. The Balaban J connectivity index is 1.69. The molecule has 1 unspecified atom stereocenters. The molecule has 2 fully saturated rings. The lowest BCUT2D eigenvalue weighted by atomic mass is 10.1. The lowest BCUT2D eigenvalue weighted by molar-refractivity contribution is 0.0724. The van der Waals surface area contributed by atoms with Crippen LogP contribution in [-0.2, 0) is 19.9 Å². The van der Waals surface area contributed by atoms with E-state index in [-0.39, 0.29) is 28.7 Å². The fraction of sp³-hybridized carbons (Fsp3) is 0.562. The number of likely N-dealkylation sites (tertiary alicyclic amines) is 1. The number of sulfone groups is 1. The van der Waals surface area contributed by atoms with Crippen molar-refractivity contribution in [2.45, 2.75) is 36.6 Å². The van der Waals surface area contributed by atoms with E-state index < -0.39 is 25.9 Å². The molecule has 1 amide bonds. The number of hydrogen-bond acceptors (Lipinski definition) is 5. The van der Waals surface area contributed by atoms with Crippen LogP contribution in [0.2, 0.25) is 0 Å². The molecule has 9 heteroatoms. The molecule has 0 spiro atoms. The summed E-state index contributed by atoms with van der Waals surface area (Å²) in [6.45, 7) is 1.47. The molecule has 2 saturated heterocycles. The van der Waals surface area contributed by atoms with Gasteiger partial charge in [0.05, 0.1) is 16.4 Å². The summed E-state index contributed by atoms with van der Waals surface area (Å²) in [6, 6.07) is 5.21. The Kier molecular flexibility index (Phi) is 5.17. The third-order valence-electron chi connectivity index (χ3n) is 4.61. The maximum absolute atomic E-state index is 12.4. The van der Waals surface area contributed by atoms with Crippen molar-refractivity contribution in [1.82, 2.24) is 9.62 Å². The summed E-state index contributed by atoms with van der Waals surface area (Å²) in [4.78, 5) is 14.2. The molecule has 25 heavy (non-hydrogen) atoms. The fourth-order valence-corrected chi connectivity index (χ4v) is 6.28. The zero-order valence-corrected chi connectivity index (χ0v) is 15.5. The van der Waals surface area contributed by atoms with E-state index >= 15 is 0 Å². The lowest BCUT2D eigenvalue weighted by Crippen LogP contribution is -2.36. The Bertz CT molecular complexity index is 841. The topological polar surface area (TPSA) is 101 Å². The molecule has 1 atom stereocenters. The van der Waals surface area contributed by atoms with Crippen molar-refractivity contribution in [3.63, 3.8) is 0 Å². The number of nitrogens with one attached hydrogen (secondary N) is 1. The smallest absolute Gasteiger partial charge is 0.253 e. The van der Waals surface area contributed by atoms with Crippen molar-refractivity contribution in [3.05, 3.63) is 29.8 Å². The SMILES string of the molecule is O=C(c1ccc(S(=O)(=O)NC2CCS(=O)(=O)C2)cc1)N1CCCCC1. The molecule has 0 bridgehead atoms. The van der Waals surface area contributed by atoms with E-state index in [0.29, 0.717) is 5.56 Å². The Morgan fingerprint density at radius 2 is 1.72 bits per heavy atom. The van der Waals surface area contributed by atoms with Crippen molar-refractivity contribution in [2.75, 3.05) is 24.6 Å². The molecule has 2 aliphatic heterocycles. The maximum atomic E-state index is 12.4. The minimum absolute atomic E-state index is 0.00343. The summed E-state index contributed by atoms with van der Waals surface area (Å²) in [5, 5.41) is 0. The first-order chi connectivity index (χ1) is 11.8. The van der Waals surface area contributed by atoms with Crippen LogP contribution in [0.4, 0.5) is 0 Å². The number of amides is 1. The molecule has 0 aliphatic carbocycles. The molecule has 0 radical (unpaired) electrons. The van der Waals surface area contributed by atoms with Gasteiger partial charge in [-0.2, -0.15) is 0 Å². The van der Waals surface area contributed by atoms with Crippen molar-refractivity contribution >= 4 is 25.8 Å². The molecule has 2 heterocycles. The van der Waals surface area contributed by atoms with Gasteiger partial charge in [0.1, 0.15) is 0 Å². The minimum atomic E-state index is -3.80. The Morgan fingerprint density at radius 3 is 2.28 bits per heavy atom. The molecular weight excluding hydrogens is 364 g/mol. The van der Waals surface area contributed by atoms with Crippen molar-refractivity contribution in [3.8, 4) is 0 Å². The summed E-state index contributed by atoms with van der Waals surface area (Å²) in [5.41, 5.74) is 0.462. The normalized spacial score (nSPS) is 23.5. The van der Waals surface area contributed by atoms with Crippen LogP contribution in [0.3, 0.4) is 0 Å². The van der Waals surface area contributed by atoms with Gasteiger partial charge in [0, 0.05) is 24.7 Å². The van der Waals surface area contributed by atoms with Gasteiger partial charge in [0.15, 0.2) is 9.84 Å². The van der Waals surface area contributed by atoms with Gasteiger partial charge in [-0.05, 0) is 49.9 Å². The molecule has 1 aromatic carbocycles. The minimum Gasteiger partial charge on any atom is -0.339 e. The van der Waals surface area contributed by atoms with Crippen LogP contribution in [0.25, 0.3) is 0 Å². The monoisotopic (exact) mass is 386 g/mol. The fourth-order valence-electron chi connectivity index (χ4n) is 3.23. The third-order valence-corrected chi connectivity index (χ3v) is 7.91. The lowest BCUT2D eigenvalue weighted by Gasteiger charge is -2.26. The van der Waals surface area contributed by atoms with Crippen LogP contribution in [0.5, 0.6) is 0 Å². The number of carbonyl (C=O) groups is 1. The highest BCUT2D eigenvalue weighted by Crippen LogP contribution is 2.18. The molecule has 0 aromatic heterocycles. The van der Waals surface area contributed by atoms with Gasteiger partial charge < -0.3 is 4.90 Å². The van der Waals surface area contributed by atoms with Gasteiger partial charge in [-0.3, -0.25) is 4.79 Å². The number of piperidine rings is 1. The van der Waals surface area contributed by atoms with Crippen molar-refractivity contribution in [1.29, 1.82) is 0 Å². The van der Waals surface area contributed by atoms with E-state index in [4.69, 9.17) is 0 Å². The van der Waals surface area contributed by atoms with Gasteiger partial charge in [0.2, 0.25) is 10.0 Å². The van der Waals surface area contributed by atoms with E-state index in [2.05, 4.69) is 4.72 Å². The molecule has 2 aliphatic rings. The van der Waals surface area contributed by atoms with Crippen LogP contribution in [-0.4, -0.2) is 58.3 Å². The summed E-state index contributed by atoms with van der Waals surface area (Å²) >= 11 is 0. The number of carbonyl (C=O) groups excluding carboxylic acids is 1. The average Bonchev–Trinajstić information content (AvgIpc) is 2.93. The van der Waals surface area contributed by atoms with E-state index in [1.807, 2.05) is 0 Å². The quantitative estimate of drug-likeness (QED) is 0.824. The predicted octanol–water partition coefficient (Wildman–Crippen LogP) is 0.778. The second kappa shape index (κ2) is 7.05. The van der Waals surface area contributed by atoms with Crippen LogP contribution in [0.1, 0.15) is 36.0 Å². The number of sulfonamides is 1. The standard InChI is InChI=1S/C16H22N2O5S2/c19-16(18-9-2-1-3-10-18)13-4-6-15(7-5-13)25(22,23)17-14-8-11-24(20,21)12-14/h4-7,14,17H,1-3,8-12H2. The molecule has 1 aromatic rings. The highest BCUT2D eigenvalue weighted by Gasteiger charge is 2.31. The van der Waals surface area contributed by atoms with Gasteiger partial charge in [-0.15, -0.1) is 0 Å². The number of rotatable bonds is 4. The van der Waals surface area contributed by atoms with E-state index in [9.17, 15) is 21.6 Å². The van der Waals surface area contributed by atoms with Gasteiger partial charge in [-0.1, -0.05) is 0 Å². The number of hydrogen-bond donors (Lipinski definition) is 1. The summed E-state index contributed by atoms with van der Waals surface area (Å²) < 4.78 is 50.1. The van der Waals surface area contributed by atoms with Gasteiger partial charge >= 0.3 is 0 Å². The highest BCUT2D eigenvalue weighted by molar-refractivity contribution is 7.92. The van der Waals surface area contributed by atoms with Crippen LogP contribution >= 0.6 is 0 Å². The maximum Gasteiger partial charge on any atom is 0.253 e. The van der Waals surface area contributed by atoms with E-state index in [1.165, 1.54) is 24.3 Å². The zero-order valence-electron chi connectivity index (χ0n) is 13.8. The largest absolute Gasteiger partial charge is 0.339 e. The van der Waals surface area contributed by atoms with Crippen LogP contribution < -0.4 is 4.72 Å². The molecule has 138 valence electrons. The average molecular weight is 386 g/mol. The zero-order chi connectivity index (χ0) is 18.1. The van der Waals surface area contributed by atoms with Gasteiger partial charge in [0.25, 0.3) is 5.91 Å². The number of nitrogens with zero attached hydrogens (tertiary/aromatic N) is 1. The molecule has 3 rings (SSSR count). The van der Waals surface area contributed by atoms with Crippen molar-refractivity contribution in [2.24, 2.45) is 0 Å². The first-order valence-corrected chi connectivity index (χ1v) is 11.7. The van der Waals surface area contributed by atoms with E-state index in [0.717, 1.165) is 32.4 Å². The Labute approximate surface area is 148 Å². The first kappa shape index (κ1) is 18.3. The summed E-state index contributed by atoms with van der Waals surface area (Å²) in [5.74, 6) is -0.250. The first-order valence-electron chi connectivity index (χ1n) is 8.39. The summed E-state index contributed by atoms with van der Waals surface area (Å²) in [7, 11) is -6.96. The second-order valence-corrected chi connectivity index (χ2v) is 10.5. The molecular formula is C16H22N2O5S2. The van der Waals surface area contributed by atoms with Crippen molar-refractivity contribution < 1.29 is 21.6 Å². The van der Waals surface area contributed by atoms with E-state index in [1.54, 1.807) is 4.90 Å². The number of benzene rings is 1. The second-order valence-electron chi connectivity index (χ2n) is 6.60. The van der Waals surface area contributed by atoms with Crippen LogP contribution in [0.15, 0.2) is 29.2 Å². The Hall–Kier alpha value is -1.45. The molecule has 1 N–H and O–H groups in total. The molecule has 7 nitrogen and oxygen atoms in total.